The van der Waals surface area contributed by atoms with Crippen molar-refractivity contribution in [2.45, 2.75) is 102 Å². The van der Waals surface area contributed by atoms with E-state index >= 15 is 0 Å². The van der Waals surface area contributed by atoms with Gasteiger partial charge in [0.25, 0.3) is 5.91 Å². The first kappa shape index (κ1) is 37.1. The monoisotopic (exact) mass is 712 g/mol. The number of aromatic nitrogens is 1. The molecule has 5 atom stereocenters. The van der Waals surface area contributed by atoms with Gasteiger partial charge < -0.3 is 24.4 Å². The number of hydrogen-bond acceptors (Lipinski definition) is 10. The summed E-state index contributed by atoms with van der Waals surface area (Å²) in [6.45, 7) is 14.5. The van der Waals surface area contributed by atoms with E-state index in [1.165, 1.54) is 17.2 Å². The number of sulfonamides is 1. The van der Waals surface area contributed by atoms with Crippen molar-refractivity contribution in [3.8, 4) is 11.6 Å². The van der Waals surface area contributed by atoms with Crippen LogP contribution in [-0.4, -0.2) is 84.2 Å². The van der Waals surface area contributed by atoms with Gasteiger partial charge in [0.2, 0.25) is 27.7 Å². The predicted molar refractivity (Wildman–Crippen MR) is 185 cm³/mol. The van der Waals surface area contributed by atoms with Gasteiger partial charge in [-0.3, -0.25) is 23.9 Å². The third-order valence-electron chi connectivity index (χ3n) is 9.45. The minimum absolute atomic E-state index is 0.0139. The summed E-state index contributed by atoms with van der Waals surface area (Å²) in [5, 5.41) is 3.60. The van der Waals surface area contributed by atoms with Crippen LogP contribution in [0.2, 0.25) is 0 Å². The van der Waals surface area contributed by atoms with Crippen molar-refractivity contribution in [3.63, 3.8) is 0 Å². The lowest BCUT2D eigenvalue weighted by atomic mass is 9.77. The van der Waals surface area contributed by atoms with Gasteiger partial charge in [0.05, 0.1) is 37.4 Å². The molecule has 3 amide bonds. The molecular weight excluding hydrogens is 664 g/mol. The van der Waals surface area contributed by atoms with Crippen LogP contribution in [0.1, 0.15) is 73.6 Å². The molecule has 1 aromatic carbocycles. The number of carbonyl (C=O) groups is 4. The van der Waals surface area contributed by atoms with Crippen molar-refractivity contribution in [3.05, 3.63) is 43.1 Å². The number of fused-ring (bicyclic) bond motifs is 1. The van der Waals surface area contributed by atoms with Gasteiger partial charge in [-0.1, -0.05) is 45.0 Å². The van der Waals surface area contributed by atoms with Gasteiger partial charge in [-0.15, -0.1) is 6.58 Å². The average molecular weight is 713 g/mol. The normalized spacial score (nSPS) is 24.2. The largest absolute Gasteiger partial charge is 0.494 e. The van der Waals surface area contributed by atoms with Crippen LogP contribution >= 0.6 is 0 Å². The first-order chi connectivity index (χ1) is 23.3. The molecule has 1 aliphatic heterocycles. The molecule has 0 unspecified atom stereocenters. The Balaban J connectivity index is 1.45. The summed E-state index contributed by atoms with van der Waals surface area (Å²) in [7, 11) is -2.34. The fraction of sp³-hybridized carbons (Fsp3) is 0.583. The molecule has 0 bridgehead atoms. The second-order valence-corrected chi connectivity index (χ2v) is 17.5. The van der Waals surface area contributed by atoms with E-state index in [1.54, 1.807) is 27.9 Å². The summed E-state index contributed by atoms with van der Waals surface area (Å²) in [6.07, 6.45) is 3.24. The van der Waals surface area contributed by atoms with Gasteiger partial charge in [-0.25, -0.2) is 13.4 Å². The Bertz CT molecular complexity index is 1790. The molecule has 1 aromatic heterocycles. The topological polar surface area (TPSA) is 170 Å². The smallest absolute Gasteiger partial charge is 0.307 e. The molecule has 3 fully saturated rings. The fourth-order valence-corrected chi connectivity index (χ4v) is 7.83. The lowest BCUT2D eigenvalue weighted by molar-refractivity contribution is -0.161. The maximum absolute atomic E-state index is 14.5. The number of amides is 3. The maximum atomic E-state index is 14.5. The summed E-state index contributed by atoms with van der Waals surface area (Å²) in [5.74, 6) is -3.02. The van der Waals surface area contributed by atoms with E-state index in [0.717, 1.165) is 5.39 Å². The van der Waals surface area contributed by atoms with Crippen molar-refractivity contribution in [1.29, 1.82) is 0 Å². The Morgan fingerprint density at radius 3 is 2.32 bits per heavy atom. The number of nitrogens with zero attached hydrogens (tertiary/aromatic N) is 2. The Labute approximate surface area is 293 Å². The second-order valence-electron chi connectivity index (χ2n) is 15.6. The number of benzene rings is 1. The van der Waals surface area contributed by atoms with Crippen molar-refractivity contribution in [2.75, 3.05) is 13.7 Å². The number of pyridine rings is 1. The fourth-order valence-electron chi connectivity index (χ4n) is 6.46. The molecule has 50 heavy (non-hydrogen) atoms. The Morgan fingerprint density at radius 2 is 1.76 bits per heavy atom. The highest BCUT2D eigenvalue weighted by Crippen LogP contribution is 2.46. The lowest BCUT2D eigenvalue weighted by Crippen LogP contribution is -2.57. The first-order valence-electron chi connectivity index (χ1n) is 16.9. The minimum Gasteiger partial charge on any atom is -0.494 e. The van der Waals surface area contributed by atoms with Gasteiger partial charge >= 0.3 is 5.97 Å². The summed E-state index contributed by atoms with van der Waals surface area (Å²) < 4.78 is 44.9. The number of rotatable bonds is 12. The Hall–Kier alpha value is -4.20. The molecule has 14 heteroatoms. The first-order valence-corrected chi connectivity index (χ1v) is 18.5. The van der Waals surface area contributed by atoms with E-state index in [9.17, 15) is 27.6 Å². The van der Waals surface area contributed by atoms with Crippen LogP contribution in [0, 0.1) is 17.3 Å². The van der Waals surface area contributed by atoms with Crippen LogP contribution in [0.5, 0.6) is 11.6 Å². The molecule has 0 spiro atoms. The molecule has 2 N–H and O–H groups in total. The zero-order valence-electron chi connectivity index (χ0n) is 29.8. The molecule has 272 valence electrons. The molecule has 2 heterocycles. The lowest BCUT2D eigenvalue weighted by Gasteiger charge is -2.35. The van der Waals surface area contributed by atoms with Crippen molar-refractivity contribution >= 4 is 44.5 Å². The average Bonchev–Trinajstić information content (AvgIpc) is 3.95. The summed E-state index contributed by atoms with van der Waals surface area (Å²) in [6, 6.07) is 6.28. The highest BCUT2D eigenvalue weighted by atomic mass is 32.2. The summed E-state index contributed by atoms with van der Waals surface area (Å²) >= 11 is 0. The number of ether oxygens (including phenoxy) is 3. The van der Waals surface area contributed by atoms with Crippen LogP contribution in [-0.2, 0) is 33.9 Å². The number of esters is 1. The summed E-state index contributed by atoms with van der Waals surface area (Å²) in [4.78, 5) is 61.0. The molecule has 1 saturated heterocycles. The van der Waals surface area contributed by atoms with E-state index in [4.69, 9.17) is 14.2 Å². The number of carbonyl (C=O) groups excluding carboxylic acids is 4. The van der Waals surface area contributed by atoms with E-state index < -0.39 is 79.5 Å². The van der Waals surface area contributed by atoms with Gasteiger partial charge in [0.15, 0.2) is 0 Å². The molecule has 2 aromatic rings. The van der Waals surface area contributed by atoms with Gasteiger partial charge in [-0.2, -0.15) is 0 Å². The number of methoxy groups -OCH3 is 1. The highest BCUT2D eigenvalue weighted by Gasteiger charge is 2.62. The second kappa shape index (κ2) is 13.5. The quantitative estimate of drug-likeness (QED) is 0.245. The maximum Gasteiger partial charge on any atom is 0.307 e. The third kappa shape index (κ3) is 7.90. The third-order valence-corrected chi connectivity index (χ3v) is 11.3. The SMILES string of the molecule is C=C[C@@H]1C[C@]1(NC(=O)[C@@H]1C[C@@H](Oc2ncc(OC)c3ccccc23)CN1C(=O)[C@@H](CC(=O)OC(C)(C)C)C(C)(C)C)C(=O)NS(=O)(=O)C1CC1. The van der Waals surface area contributed by atoms with Crippen LogP contribution in [0.15, 0.2) is 43.1 Å². The van der Waals surface area contributed by atoms with E-state index in [2.05, 4.69) is 21.6 Å². The van der Waals surface area contributed by atoms with E-state index in [-0.39, 0.29) is 31.7 Å². The zero-order chi connectivity index (χ0) is 36.8. The number of nitrogens with one attached hydrogen (secondary N) is 2. The van der Waals surface area contributed by atoms with E-state index in [1.807, 2.05) is 45.0 Å². The molecule has 0 radical (unpaired) electrons. The molecule has 5 rings (SSSR count). The van der Waals surface area contributed by atoms with Crippen molar-refractivity contribution in [2.24, 2.45) is 17.3 Å². The Morgan fingerprint density at radius 1 is 1.10 bits per heavy atom. The molecular formula is C36H48N4O9S. The van der Waals surface area contributed by atoms with Crippen molar-refractivity contribution < 1.29 is 41.8 Å². The van der Waals surface area contributed by atoms with Crippen LogP contribution in [0.25, 0.3) is 10.8 Å². The van der Waals surface area contributed by atoms with Gasteiger partial charge in [-0.05, 0) is 51.5 Å². The highest BCUT2D eigenvalue weighted by molar-refractivity contribution is 7.91. The standard InChI is InChI=1S/C36H48N4O9S/c1-9-21-18-36(21,33(44)39-50(45,46)23-14-15-23)38-30(42)27-16-22(48-31-25-13-11-10-12-24(25)28(47-8)19-37-31)20-40(27)32(43)26(34(2,3)4)17-29(41)49-35(5,6)7/h9-13,19,21-23,26-27H,1,14-18,20H2,2-8H3,(H,38,42)(H,39,44)/t21-,22-,26-,27+,36-/m1/s1. The van der Waals surface area contributed by atoms with Gasteiger partial charge in [0, 0.05) is 23.1 Å². The molecule has 2 aliphatic carbocycles. The Kier molecular flexibility index (Phi) is 10.0. The predicted octanol–water partition coefficient (Wildman–Crippen LogP) is 3.66. The number of likely N-dealkylation sites (tertiary alicyclic amines) is 1. The van der Waals surface area contributed by atoms with Crippen molar-refractivity contribution in [1.82, 2.24) is 19.9 Å². The summed E-state index contributed by atoms with van der Waals surface area (Å²) in [5.41, 5.74) is -3.01. The van der Waals surface area contributed by atoms with Crippen LogP contribution in [0.3, 0.4) is 0 Å². The van der Waals surface area contributed by atoms with Crippen LogP contribution < -0.4 is 19.5 Å². The van der Waals surface area contributed by atoms with Gasteiger partial charge in [0.1, 0.15) is 29.0 Å². The van der Waals surface area contributed by atoms with E-state index in [0.29, 0.717) is 24.0 Å². The zero-order valence-corrected chi connectivity index (χ0v) is 30.6. The number of hydrogen-bond donors (Lipinski definition) is 2. The van der Waals surface area contributed by atoms with Crippen LogP contribution in [0.4, 0.5) is 0 Å². The minimum atomic E-state index is -3.89. The molecule has 13 nitrogen and oxygen atoms in total. The molecule has 3 aliphatic rings. The molecule has 2 saturated carbocycles.